The third-order valence-corrected chi connectivity index (χ3v) is 1.66. The van der Waals surface area contributed by atoms with Crippen molar-refractivity contribution in [2.45, 2.75) is 32.4 Å². The van der Waals surface area contributed by atoms with Gasteiger partial charge in [0.05, 0.1) is 0 Å². The predicted octanol–water partition coefficient (Wildman–Crippen LogP) is 0.576. The number of hydrogen-bond donors (Lipinski definition) is 1. The van der Waals surface area contributed by atoms with Crippen LogP contribution in [0.25, 0.3) is 0 Å². The molecule has 1 aromatic heterocycles. The van der Waals surface area contributed by atoms with Crippen molar-refractivity contribution in [2.75, 3.05) is 0 Å². The van der Waals surface area contributed by atoms with E-state index in [1.165, 1.54) is 0 Å². The van der Waals surface area contributed by atoms with Gasteiger partial charge in [0, 0.05) is 12.1 Å². The summed E-state index contributed by atoms with van der Waals surface area (Å²) >= 11 is 0. The molecule has 0 aliphatic heterocycles. The molecule has 0 radical (unpaired) electrons. The first-order valence-electron chi connectivity index (χ1n) is 3.80. The number of nitrogens with zero attached hydrogens (tertiary/aromatic N) is 3. The smallest absolute Gasteiger partial charge is 0.119 e. The monoisotopic (exact) mass is 154 g/mol. The van der Waals surface area contributed by atoms with Crippen LogP contribution in [0.5, 0.6) is 0 Å². The number of aromatic nitrogens is 3. The lowest BCUT2D eigenvalue weighted by Gasteiger charge is -2.13. The van der Waals surface area contributed by atoms with E-state index in [2.05, 4.69) is 17.1 Å². The molecule has 0 aliphatic carbocycles. The number of hydrogen-bond acceptors (Lipinski definition) is 3. The molecular weight excluding hydrogens is 140 g/mol. The van der Waals surface area contributed by atoms with Crippen molar-refractivity contribution in [1.82, 2.24) is 14.8 Å². The average molecular weight is 154 g/mol. The lowest BCUT2D eigenvalue weighted by atomic mass is 10.1. The van der Waals surface area contributed by atoms with Crippen molar-refractivity contribution < 1.29 is 0 Å². The maximum Gasteiger partial charge on any atom is 0.119 e. The minimum atomic E-state index is 0.229. The van der Waals surface area contributed by atoms with Gasteiger partial charge in [-0.3, -0.25) is 0 Å². The minimum Gasteiger partial charge on any atom is -0.328 e. The zero-order valence-corrected chi connectivity index (χ0v) is 6.94. The fourth-order valence-electron chi connectivity index (χ4n) is 1.10. The zero-order chi connectivity index (χ0) is 8.27. The summed E-state index contributed by atoms with van der Waals surface area (Å²) in [6.45, 7) is 4.10. The van der Waals surface area contributed by atoms with Crippen molar-refractivity contribution in [3.63, 3.8) is 0 Å². The van der Waals surface area contributed by atoms with Gasteiger partial charge >= 0.3 is 0 Å². The van der Waals surface area contributed by atoms with Crippen LogP contribution in [-0.4, -0.2) is 20.8 Å². The van der Waals surface area contributed by atoms with Crippen LogP contribution in [0.3, 0.4) is 0 Å². The maximum absolute atomic E-state index is 5.65. The van der Waals surface area contributed by atoms with Gasteiger partial charge in [-0.1, -0.05) is 0 Å². The second-order valence-corrected chi connectivity index (χ2v) is 2.97. The van der Waals surface area contributed by atoms with Crippen LogP contribution in [0.4, 0.5) is 0 Å². The molecule has 11 heavy (non-hydrogen) atoms. The van der Waals surface area contributed by atoms with Crippen LogP contribution < -0.4 is 5.73 Å². The van der Waals surface area contributed by atoms with Gasteiger partial charge in [0.15, 0.2) is 0 Å². The van der Waals surface area contributed by atoms with Crippen LogP contribution in [0.15, 0.2) is 12.7 Å². The standard InChI is InChI=1S/C7H14N4/c1-6(8)3-7(2)11-4-9-10-5-11/h4-7H,3,8H2,1-2H3. The van der Waals surface area contributed by atoms with Crippen molar-refractivity contribution in [3.05, 3.63) is 12.7 Å². The molecule has 0 aromatic carbocycles. The molecular formula is C7H14N4. The Morgan fingerprint density at radius 2 is 1.91 bits per heavy atom. The van der Waals surface area contributed by atoms with Gasteiger partial charge in [-0.25, -0.2) is 0 Å². The molecule has 2 unspecified atom stereocenters. The summed E-state index contributed by atoms with van der Waals surface area (Å²) in [5, 5.41) is 7.45. The molecule has 0 bridgehead atoms. The van der Waals surface area contributed by atoms with Crippen LogP contribution in [0.2, 0.25) is 0 Å². The Morgan fingerprint density at radius 3 is 2.36 bits per heavy atom. The van der Waals surface area contributed by atoms with E-state index in [-0.39, 0.29) is 6.04 Å². The fraction of sp³-hybridized carbons (Fsp3) is 0.714. The lowest BCUT2D eigenvalue weighted by Crippen LogP contribution is -2.19. The third kappa shape index (κ3) is 2.31. The second-order valence-electron chi connectivity index (χ2n) is 2.97. The maximum atomic E-state index is 5.65. The lowest BCUT2D eigenvalue weighted by molar-refractivity contribution is 0.464. The summed E-state index contributed by atoms with van der Waals surface area (Å²) in [4.78, 5) is 0. The highest BCUT2D eigenvalue weighted by Crippen LogP contribution is 2.09. The van der Waals surface area contributed by atoms with Gasteiger partial charge in [-0.05, 0) is 20.3 Å². The van der Waals surface area contributed by atoms with Crippen LogP contribution >= 0.6 is 0 Å². The predicted molar refractivity (Wildman–Crippen MR) is 43.0 cm³/mol. The summed E-state index contributed by atoms with van der Waals surface area (Å²) in [5.74, 6) is 0. The Hall–Kier alpha value is -0.900. The summed E-state index contributed by atoms with van der Waals surface area (Å²) < 4.78 is 1.96. The molecule has 0 saturated heterocycles. The van der Waals surface area contributed by atoms with Gasteiger partial charge in [-0.2, -0.15) is 0 Å². The number of rotatable bonds is 3. The normalized spacial score (nSPS) is 16.3. The second kappa shape index (κ2) is 3.48. The van der Waals surface area contributed by atoms with Crippen LogP contribution in [-0.2, 0) is 0 Å². The van der Waals surface area contributed by atoms with E-state index in [1.807, 2.05) is 11.5 Å². The third-order valence-electron chi connectivity index (χ3n) is 1.66. The molecule has 4 heteroatoms. The van der Waals surface area contributed by atoms with E-state index in [0.717, 1.165) is 6.42 Å². The minimum absolute atomic E-state index is 0.229. The highest BCUT2D eigenvalue weighted by molar-refractivity contribution is 4.71. The van der Waals surface area contributed by atoms with Crippen molar-refractivity contribution in [3.8, 4) is 0 Å². The van der Waals surface area contributed by atoms with E-state index in [9.17, 15) is 0 Å². The molecule has 0 spiro atoms. The average Bonchev–Trinajstić information content (AvgIpc) is 2.35. The Morgan fingerprint density at radius 1 is 1.36 bits per heavy atom. The Bertz CT molecular complexity index is 192. The molecule has 2 atom stereocenters. The first-order valence-corrected chi connectivity index (χ1v) is 3.80. The molecule has 4 nitrogen and oxygen atoms in total. The molecule has 0 saturated carbocycles. The van der Waals surface area contributed by atoms with Gasteiger partial charge < -0.3 is 10.3 Å². The van der Waals surface area contributed by atoms with Crippen LogP contribution in [0, 0.1) is 0 Å². The molecule has 62 valence electrons. The van der Waals surface area contributed by atoms with E-state index < -0.39 is 0 Å². The molecule has 0 fully saturated rings. The summed E-state index contributed by atoms with van der Waals surface area (Å²) in [5.41, 5.74) is 5.65. The molecule has 1 aromatic rings. The topological polar surface area (TPSA) is 56.7 Å². The van der Waals surface area contributed by atoms with Crippen molar-refractivity contribution in [2.24, 2.45) is 5.73 Å². The van der Waals surface area contributed by atoms with Crippen molar-refractivity contribution >= 4 is 0 Å². The van der Waals surface area contributed by atoms with Crippen molar-refractivity contribution in [1.29, 1.82) is 0 Å². The van der Waals surface area contributed by atoms with Gasteiger partial charge in [0.1, 0.15) is 12.7 Å². The molecule has 1 heterocycles. The largest absolute Gasteiger partial charge is 0.328 e. The fourth-order valence-corrected chi connectivity index (χ4v) is 1.10. The molecule has 1 rings (SSSR count). The molecule has 0 amide bonds. The summed E-state index contributed by atoms with van der Waals surface area (Å²) in [7, 11) is 0. The highest BCUT2D eigenvalue weighted by atomic mass is 15.2. The van der Waals surface area contributed by atoms with E-state index >= 15 is 0 Å². The van der Waals surface area contributed by atoms with E-state index in [4.69, 9.17) is 5.73 Å². The Balaban J connectivity index is 2.49. The van der Waals surface area contributed by atoms with Gasteiger partial charge in [0.25, 0.3) is 0 Å². The Labute approximate surface area is 66.4 Å². The molecule has 0 aliphatic rings. The van der Waals surface area contributed by atoms with Gasteiger partial charge in [0.2, 0.25) is 0 Å². The highest BCUT2D eigenvalue weighted by Gasteiger charge is 2.05. The summed E-state index contributed by atoms with van der Waals surface area (Å²) in [6.07, 6.45) is 4.39. The van der Waals surface area contributed by atoms with Gasteiger partial charge in [-0.15, -0.1) is 10.2 Å². The Kier molecular flexibility index (Phi) is 2.59. The first kappa shape index (κ1) is 8.20. The summed E-state index contributed by atoms with van der Waals surface area (Å²) in [6, 6.07) is 0.623. The van der Waals surface area contributed by atoms with Crippen LogP contribution in [0.1, 0.15) is 26.3 Å². The zero-order valence-electron chi connectivity index (χ0n) is 6.94. The molecule has 2 N–H and O–H groups in total. The van der Waals surface area contributed by atoms with E-state index in [0.29, 0.717) is 6.04 Å². The first-order chi connectivity index (χ1) is 5.20. The SMILES string of the molecule is CC(N)CC(C)n1cnnc1. The quantitative estimate of drug-likeness (QED) is 0.692. The van der Waals surface area contributed by atoms with E-state index in [1.54, 1.807) is 12.7 Å². The number of nitrogens with two attached hydrogens (primary N) is 1.